The highest BCUT2D eigenvalue weighted by atomic mass is 19.1. The molecule has 2 rings (SSSR count). The van der Waals surface area contributed by atoms with Crippen molar-refractivity contribution in [3.05, 3.63) is 66.0 Å². The molecule has 4 nitrogen and oxygen atoms in total. The van der Waals surface area contributed by atoms with Crippen LogP contribution in [0.2, 0.25) is 0 Å². The van der Waals surface area contributed by atoms with Gasteiger partial charge in [0.1, 0.15) is 11.9 Å². The summed E-state index contributed by atoms with van der Waals surface area (Å²) in [5.41, 5.74) is 0.869. The van der Waals surface area contributed by atoms with Gasteiger partial charge < -0.3 is 4.74 Å². The first-order valence-corrected chi connectivity index (χ1v) is 7.35. The van der Waals surface area contributed by atoms with Crippen LogP contribution in [0.3, 0.4) is 0 Å². The normalized spacial score (nSPS) is 11.6. The van der Waals surface area contributed by atoms with E-state index in [2.05, 4.69) is 0 Å². The minimum Gasteiger partial charge on any atom is -0.464 e. The van der Waals surface area contributed by atoms with E-state index in [0.717, 1.165) is 0 Å². The lowest BCUT2D eigenvalue weighted by Gasteiger charge is -2.28. The summed E-state index contributed by atoms with van der Waals surface area (Å²) >= 11 is 0. The zero-order chi connectivity index (χ0) is 16.8. The predicted molar refractivity (Wildman–Crippen MR) is 85.7 cm³/mol. The summed E-state index contributed by atoms with van der Waals surface area (Å²) in [6, 6.07) is 13.2. The van der Waals surface area contributed by atoms with Gasteiger partial charge in [0, 0.05) is 11.3 Å². The van der Waals surface area contributed by atoms with Crippen molar-refractivity contribution >= 4 is 17.6 Å². The molecule has 0 N–H and O–H groups in total. The van der Waals surface area contributed by atoms with E-state index in [1.165, 1.54) is 29.2 Å². The predicted octanol–water partition coefficient (Wildman–Crippen LogP) is 3.42. The number of rotatable bonds is 5. The number of benzene rings is 2. The Kier molecular flexibility index (Phi) is 5.46. The van der Waals surface area contributed by atoms with Crippen LogP contribution < -0.4 is 4.90 Å². The maximum atomic E-state index is 13.2. The molecule has 0 fully saturated rings. The molecule has 1 atom stereocenters. The lowest BCUT2D eigenvalue weighted by atomic mass is 10.1. The minimum atomic E-state index is -0.826. The van der Waals surface area contributed by atoms with Crippen LogP contribution in [0.5, 0.6) is 0 Å². The molecule has 23 heavy (non-hydrogen) atoms. The third-order valence-electron chi connectivity index (χ3n) is 3.36. The summed E-state index contributed by atoms with van der Waals surface area (Å²) in [6.45, 7) is 3.51. The summed E-state index contributed by atoms with van der Waals surface area (Å²) in [6.07, 6.45) is 0. The maximum absolute atomic E-state index is 13.2. The van der Waals surface area contributed by atoms with E-state index in [1.807, 2.05) is 0 Å². The average molecular weight is 315 g/mol. The van der Waals surface area contributed by atoms with Gasteiger partial charge in [0.2, 0.25) is 0 Å². The van der Waals surface area contributed by atoms with E-state index >= 15 is 0 Å². The van der Waals surface area contributed by atoms with Crippen LogP contribution >= 0.6 is 0 Å². The Hall–Kier alpha value is -2.69. The summed E-state index contributed by atoms with van der Waals surface area (Å²) in [5, 5.41) is 0. The quantitative estimate of drug-likeness (QED) is 0.794. The Bertz CT molecular complexity index is 670. The first kappa shape index (κ1) is 16.7. The molecule has 0 aliphatic heterocycles. The number of carbonyl (C=O) groups excluding carboxylic acids is 2. The van der Waals surface area contributed by atoms with E-state index < -0.39 is 17.8 Å². The lowest BCUT2D eigenvalue weighted by molar-refractivity contribution is -0.144. The van der Waals surface area contributed by atoms with Crippen LogP contribution in [-0.4, -0.2) is 24.5 Å². The monoisotopic (exact) mass is 315 g/mol. The zero-order valence-electron chi connectivity index (χ0n) is 13.0. The standard InChI is InChI=1S/C18H18FNO3/c1-3-23-18(22)13(2)20(16-11-9-15(19)10-12-16)17(21)14-7-5-4-6-8-14/h4-13H,3H2,1-2H3. The van der Waals surface area contributed by atoms with E-state index in [1.54, 1.807) is 44.2 Å². The number of anilines is 1. The molecule has 0 spiro atoms. The second kappa shape index (κ2) is 7.54. The summed E-state index contributed by atoms with van der Waals surface area (Å²) in [4.78, 5) is 26.2. The van der Waals surface area contributed by atoms with Crippen molar-refractivity contribution in [1.82, 2.24) is 0 Å². The third-order valence-corrected chi connectivity index (χ3v) is 3.36. The van der Waals surface area contributed by atoms with Crippen molar-refractivity contribution in [2.75, 3.05) is 11.5 Å². The highest BCUT2D eigenvalue weighted by Gasteiger charge is 2.29. The van der Waals surface area contributed by atoms with Gasteiger partial charge in [0.25, 0.3) is 5.91 Å². The van der Waals surface area contributed by atoms with Crippen molar-refractivity contribution in [3.8, 4) is 0 Å². The Morgan fingerprint density at radius 2 is 1.70 bits per heavy atom. The van der Waals surface area contributed by atoms with Gasteiger partial charge >= 0.3 is 5.97 Å². The Morgan fingerprint density at radius 3 is 2.26 bits per heavy atom. The van der Waals surface area contributed by atoms with Gasteiger partial charge in [-0.2, -0.15) is 0 Å². The van der Waals surface area contributed by atoms with E-state index in [4.69, 9.17) is 4.74 Å². The zero-order valence-corrected chi connectivity index (χ0v) is 13.0. The van der Waals surface area contributed by atoms with Gasteiger partial charge in [0.15, 0.2) is 0 Å². The van der Waals surface area contributed by atoms with Gasteiger partial charge in [-0.05, 0) is 50.2 Å². The van der Waals surface area contributed by atoms with Gasteiger partial charge in [-0.3, -0.25) is 9.69 Å². The van der Waals surface area contributed by atoms with Gasteiger partial charge in [-0.15, -0.1) is 0 Å². The van der Waals surface area contributed by atoms with Gasteiger partial charge in [0.05, 0.1) is 6.61 Å². The van der Waals surface area contributed by atoms with Crippen LogP contribution in [-0.2, 0) is 9.53 Å². The topological polar surface area (TPSA) is 46.6 Å². The number of carbonyl (C=O) groups is 2. The molecular formula is C18H18FNO3. The molecule has 120 valence electrons. The highest BCUT2D eigenvalue weighted by molar-refractivity contribution is 6.09. The molecule has 0 bridgehead atoms. The summed E-state index contributed by atoms with van der Waals surface area (Å²) in [5.74, 6) is -1.27. The number of hydrogen-bond acceptors (Lipinski definition) is 3. The van der Waals surface area contributed by atoms with E-state index in [0.29, 0.717) is 11.3 Å². The Balaban J connectivity index is 2.40. The number of halogens is 1. The van der Waals surface area contributed by atoms with Crippen LogP contribution in [0.4, 0.5) is 10.1 Å². The molecule has 0 saturated heterocycles. The van der Waals surface area contributed by atoms with E-state index in [-0.39, 0.29) is 12.5 Å². The van der Waals surface area contributed by atoms with Gasteiger partial charge in [-0.1, -0.05) is 18.2 Å². The number of ether oxygens (including phenoxy) is 1. The molecule has 0 radical (unpaired) electrons. The second-order valence-electron chi connectivity index (χ2n) is 4.95. The minimum absolute atomic E-state index is 0.222. The molecule has 0 aromatic heterocycles. The molecular weight excluding hydrogens is 297 g/mol. The fourth-order valence-corrected chi connectivity index (χ4v) is 2.21. The number of nitrogens with zero attached hydrogens (tertiary/aromatic N) is 1. The molecule has 0 saturated carbocycles. The Morgan fingerprint density at radius 1 is 1.09 bits per heavy atom. The molecule has 0 aliphatic rings. The molecule has 2 aromatic carbocycles. The summed E-state index contributed by atoms with van der Waals surface area (Å²) < 4.78 is 18.2. The first-order valence-electron chi connectivity index (χ1n) is 7.35. The number of amides is 1. The van der Waals surface area contributed by atoms with Crippen molar-refractivity contribution in [3.63, 3.8) is 0 Å². The van der Waals surface area contributed by atoms with Crippen molar-refractivity contribution in [2.45, 2.75) is 19.9 Å². The smallest absolute Gasteiger partial charge is 0.328 e. The van der Waals surface area contributed by atoms with Crippen LogP contribution in [0.1, 0.15) is 24.2 Å². The van der Waals surface area contributed by atoms with Crippen molar-refractivity contribution in [2.24, 2.45) is 0 Å². The molecule has 1 amide bonds. The third kappa shape index (κ3) is 3.94. The largest absolute Gasteiger partial charge is 0.464 e. The second-order valence-corrected chi connectivity index (χ2v) is 4.95. The average Bonchev–Trinajstić information content (AvgIpc) is 2.57. The molecule has 0 heterocycles. The van der Waals surface area contributed by atoms with Crippen LogP contribution in [0, 0.1) is 5.82 Å². The highest BCUT2D eigenvalue weighted by Crippen LogP contribution is 2.21. The lowest BCUT2D eigenvalue weighted by Crippen LogP contribution is -2.44. The van der Waals surface area contributed by atoms with E-state index in [9.17, 15) is 14.0 Å². The van der Waals surface area contributed by atoms with Crippen LogP contribution in [0.15, 0.2) is 54.6 Å². The fourth-order valence-electron chi connectivity index (χ4n) is 2.21. The number of hydrogen-bond donors (Lipinski definition) is 0. The van der Waals surface area contributed by atoms with Crippen LogP contribution in [0.25, 0.3) is 0 Å². The SMILES string of the molecule is CCOC(=O)C(C)N(C(=O)c1ccccc1)c1ccc(F)cc1. The Labute approximate surface area is 134 Å². The molecule has 1 unspecified atom stereocenters. The number of esters is 1. The van der Waals surface area contributed by atoms with Crippen molar-refractivity contribution in [1.29, 1.82) is 0 Å². The molecule has 2 aromatic rings. The maximum Gasteiger partial charge on any atom is 0.328 e. The summed E-state index contributed by atoms with van der Waals surface area (Å²) in [7, 11) is 0. The van der Waals surface area contributed by atoms with Gasteiger partial charge in [-0.25, -0.2) is 9.18 Å². The fraction of sp³-hybridized carbons (Fsp3) is 0.222. The van der Waals surface area contributed by atoms with Crippen molar-refractivity contribution < 1.29 is 18.7 Å². The molecule has 5 heteroatoms. The molecule has 0 aliphatic carbocycles. The first-order chi connectivity index (χ1) is 11.0.